The molecule has 0 aromatic rings. The molecule has 0 spiro atoms. The van der Waals surface area contributed by atoms with Gasteiger partial charge < -0.3 is 5.73 Å². The Hall–Kier alpha value is -0.120. The van der Waals surface area contributed by atoms with Crippen molar-refractivity contribution in [1.29, 1.82) is 0 Å². The van der Waals surface area contributed by atoms with Crippen molar-refractivity contribution in [3.63, 3.8) is 0 Å². The van der Waals surface area contributed by atoms with Crippen molar-refractivity contribution >= 4 is 0 Å². The lowest BCUT2D eigenvalue weighted by molar-refractivity contribution is 0.0266. The number of hydrogen-bond acceptors (Lipinski definition) is 3. The van der Waals surface area contributed by atoms with Gasteiger partial charge in [0.2, 0.25) is 0 Å². The third-order valence-corrected chi connectivity index (χ3v) is 5.44. The minimum absolute atomic E-state index is 0.392. The molecule has 3 heteroatoms. The highest BCUT2D eigenvalue weighted by Crippen LogP contribution is 2.37. The zero-order valence-corrected chi connectivity index (χ0v) is 13.4. The Morgan fingerprint density at radius 3 is 2.42 bits per heavy atom. The molecule has 1 heterocycles. The van der Waals surface area contributed by atoms with E-state index in [1.807, 2.05) is 0 Å². The van der Waals surface area contributed by atoms with Gasteiger partial charge in [-0.2, -0.15) is 0 Å². The molecule has 19 heavy (non-hydrogen) atoms. The highest BCUT2D eigenvalue weighted by Gasteiger charge is 2.37. The van der Waals surface area contributed by atoms with Gasteiger partial charge in [0, 0.05) is 44.3 Å². The lowest BCUT2D eigenvalue weighted by atomic mass is 9.72. The highest BCUT2D eigenvalue weighted by atomic mass is 15.3. The monoisotopic (exact) mass is 267 g/mol. The first-order chi connectivity index (χ1) is 8.93. The predicted molar refractivity (Wildman–Crippen MR) is 82.3 cm³/mol. The van der Waals surface area contributed by atoms with E-state index >= 15 is 0 Å². The Morgan fingerprint density at radius 2 is 1.84 bits per heavy atom. The molecule has 1 saturated carbocycles. The molecule has 3 nitrogen and oxygen atoms in total. The van der Waals surface area contributed by atoms with Gasteiger partial charge in [-0.1, -0.05) is 20.8 Å². The molecule has 2 N–H and O–H groups in total. The minimum Gasteiger partial charge on any atom is -0.326 e. The standard InChI is InChI=1S/C16H33N3/c1-5-13(2)18-8-10-19(11-9-18)15-12-16(3,4)7-6-14(15)17/h13-15H,5-12,17H2,1-4H3. The summed E-state index contributed by atoms with van der Waals surface area (Å²) < 4.78 is 0. The van der Waals surface area contributed by atoms with Gasteiger partial charge in [-0.15, -0.1) is 0 Å². The number of hydrogen-bond donors (Lipinski definition) is 1. The maximum atomic E-state index is 6.40. The van der Waals surface area contributed by atoms with Crippen LogP contribution in [0.3, 0.4) is 0 Å². The Morgan fingerprint density at radius 1 is 1.21 bits per heavy atom. The van der Waals surface area contributed by atoms with Gasteiger partial charge >= 0.3 is 0 Å². The normalized spacial score (nSPS) is 35.2. The summed E-state index contributed by atoms with van der Waals surface area (Å²) in [5, 5.41) is 0. The average Bonchev–Trinajstić information content (AvgIpc) is 2.41. The number of nitrogens with two attached hydrogens (primary N) is 1. The van der Waals surface area contributed by atoms with Crippen LogP contribution < -0.4 is 5.73 Å². The van der Waals surface area contributed by atoms with Crippen LogP contribution in [0.15, 0.2) is 0 Å². The van der Waals surface area contributed by atoms with Gasteiger partial charge in [0.1, 0.15) is 0 Å². The Labute approximate surface area is 119 Å². The second-order valence-electron chi connectivity index (χ2n) is 7.47. The highest BCUT2D eigenvalue weighted by molar-refractivity contribution is 4.94. The fourth-order valence-corrected chi connectivity index (χ4v) is 3.74. The fourth-order valence-electron chi connectivity index (χ4n) is 3.74. The molecule has 2 aliphatic rings. The van der Waals surface area contributed by atoms with E-state index in [9.17, 15) is 0 Å². The molecule has 1 aliphatic carbocycles. The summed E-state index contributed by atoms with van der Waals surface area (Å²) in [4.78, 5) is 5.31. The molecule has 2 rings (SSSR count). The Kier molecular flexibility index (Phi) is 4.91. The van der Waals surface area contributed by atoms with E-state index in [0.29, 0.717) is 17.5 Å². The zero-order valence-electron chi connectivity index (χ0n) is 13.4. The summed E-state index contributed by atoms with van der Waals surface area (Å²) in [6, 6.07) is 1.74. The van der Waals surface area contributed by atoms with Crippen molar-refractivity contribution in [2.75, 3.05) is 26.2 Å². The molecule has 112 valence electrons. The lowest BCUT2D eigenvalue weighted by Crippen LogP contribution is -2.59. The molecular weight excluding hydrogens is 234 g/mol. The summed E-state index contributed by atoms with van der Waals surface area (Å²) in [5.41, 5.74) is 6.88. The van der Waals surface area contributed by atoms with Crippen LogP contribution in [0.1, 0.15) is 53.4 Å². The van der Waals surface area contributed by atoms with Crippen LogP contribution in [0, 0.1) is 5.41 Å². The lowest BCUT2D eigenvalue weighted by Gasteiger charge is -2.48. The summed E-state index contributed by atoms with van der Waals surface area (Å²) in [6.45, 7) is 14.3. The van der Waals surface area contributed by atoms with Gasteiger partial charge in [-0.05, 0) is 38.0 Å². The fraction of sp³-hybridized carbons (Fsp3) is 1.00. The third-order valence-electron chi connectivity index (χ3n) is 5.44. The molecule has 1 aliphatic heterocycles. The quantitative estimate of drug-likeness (QED) is 0.852. The van der Waals surface area contributed by atoms with E-state index in [-0.39, 0.29) is 0 Å². The first-order valence-electron chi connectivity index (χ1n) is 8.16. The van der Waals surface area contributed by atoms with Crippen molar-refractivity contribution in [1.82, 2.24) is 9.80 Å². The molecule has 3 unspecified atom stereocenters. The third kappa shape index (κ3) is 3.71. The van der Waals surface area contributed by atoms with Gasteiger partial charge in [-0.25, -0.2) is 0 Å². The van der Waals surface area contributed by atoms with Crippen LogP contribution in [-0.4, -0.2) is 54.1 Å². The largest absolute Gasteiger partial charge is 0.326 e. The predicted octanol–water partition coefficient (Wildman–Crippen LogP) is 2.31. The molecule has 0 radical (unpaired) electrons. The van der Waals surface area contributed by atoms with Crippen LogP contribution in [0.4, 0.5) is 0 Å². The summed E-state index contributed by atoms with van der Waals surface area (Å²) >= 11 is 0. The van der Waals surface area contributed by atoms with Gasteiger partial charge in [-0.3, -0.25) is 9.80 Å². The molecule has 2 fully saturated rings. The maximum Gasteiger partial charge on any atom is 0.0253 e. The molecule has 0 aromatic heterocycles. The van der Waals surface area contributed by atoms with Gasteiger partial charge in [0.05, 0.1) is 0 Å². The van der Waals surface area contributed by atoms with E-state index in [1.165, 1.54) is 51.9 Å². The van der Waals surface area contributed by atoms with Crippen molar-refractivity contribution in [2.45, 2.75) is 71.5 Å². The average molecular weight is 267 g/mol. The minimum atomic E-state index is 0.392. The zero-order chi connectivity index (χ0) is 14.0. The van der Waals surface area contributed by atoms with Crippen molar-refractivity contribution < 1.29 is 0 Å². The van der Waals surface area contributed by atoms with E-state index in [0.717, 1.165) is 6.04 Å². The van der Waals surface area contributed by atoms with Crippen LogP contribution in [0.2, 0.25) is 0 Å². The number of nitrogens with zero attached hydrogens (tertiary/aromatic N) is 2. The smallest absolute Gasteiger partial charge is 0.0253 e. The summed E-state index contributed by atoms with van der Waals surface area (Å²) in [6.07, 6.45) is 5.02. The molecule has 0 amide bonds. The van der Waals surface area contributed by atoms with E-state index in [1.54, 1.807) is 0 Å². The molecule has 1 saturated heterocycles. The molecule has 3 atom stereocenters. The molecule has 0 bridgehead atoms. The first kappa shape index (κ1) is 15.3. The molecular formula is C16H33N3. The van der Waals surface area contributed by atoms with Crippen molar-refractivity contribution in [3.05, 3.63) is 0 Å². The van der Waals surface area contributed by atoms with E-state index in [2.05, 4.69) is 37.5 Å². The van der Waals surface area contributed by atoms with Crippen LogP contribution in [0.25, 0.3) is 0 Å². The summed E-state index contributed by atoms with van der Waals surface area (Å²) in [5.74, 6) is 0. The van der Waals surface area contributed by atoms with Crippen LogP contribution >= 0.6 is 0 Å². The van der Waals surface area contributed by atoms with Gasteiger partial charge in [0.15, 0.2) is 0 Å². The maximum absolute atomic E-state index is 6.40. The number of piperazine rings is 1. The first-order valence-corrected chi connectivity index (χ1v) is 8.16. The topological polar surface area (TPSA) is 32.5 Å². The Balaban J connectivity index is 1.89. The van der Waals surface area contributed by atoms with Gasteiger partial charge in [0.25, 0.3) is 0 Å². The van der Waals surface area contributed by atoms with E-state index < -0.39 is 0 Å². The Bertz CT molecular complexity index is 282. The van der Waals surface area contributed by atoms with E-state index in [4.69, 9.17) is 5.73 Å². The van der Waals surface area contributed by atoms with Crippen molar-refractivity contribution in [3.8, 4) is 0 Å². The van der Waals surface area contributed by atoms with Crippen LogP contribution in [0.5, 0.6) is 0 Å². The van der Waals surface area contributed by atoms with Crippen molar-refractivity contribution in [2.24, 2.45) is 11.1 Å². The number of rotatable bonds is 3. The second kappa shape index (κ2) is 6.11. The summed E-state index contributed by atoms with van der Waals surface area (Å²) in [7, 11) is 0. The molecule has 0 aromatic carbocycles. The second-order valence-corrected chi connectivity index (χ2v) is 7.47. The van der Waals surface area contributed by atoms with Crippen LogP contribution in [-0.2, 0) is 0 Å². The SMILES string of the molecule is CCC(C)N1CCN(C2CC(C)(C)CCC2N)CC1.